The van der Waals surface area contributed by atoms with E-state index in [0.717, 1.165) is 23.5 Å². The maximum absolute atomic E-state index is 13.2. The predicted molar refractivity (Wildman–Crippen MR) is 122 cm³/mol. The summed E-state index contributed by atoms with van der Waals surface area (Å²) in [5, 5.41) is 8.79. The van der Waals surface area contributed by atoms with Gasteiger partial charge in [-0.15, -0.1) is 11.3 Å². The van der Waals surface area contributed by atoms with Crippen molar-refractivity contribution in [1.29, 1.82) is 0 Å². The van der Waals surface area contributed by atoms with Crippen molar-refractivity contribution in [3.63, 3.8) is 0 Å². The minimum absolute atomic E-state index is 0.0183. The van der Waals surface area contributed by atoms with Crippen LogP contribution >= 0.6 is 34.5 Å². The molecular weight excluding hydrogens is 464 g/mol. The Kier molecular flexibility index (Phi) is 6.94. The molecule has 0 aliphatic carbocycles. The number of rotatable bonds is 5. The predicted octanol–water partition coefficient (Wildman–Crippen LogP) is 5.97. The standard InChI is InChI=1S/C21H16Cl2FN3O3S/c1-10-7-18(27-20(29)14-5-4-13(24)9-15(14)23)31-19(10)21(30)26-17-8-12(22)3-6-16(17)25-11(2)28/h3-9H,1-2H3,(H,25,28)(H,26,30)(H,27,29). The summed E-state index contributed by atoms with van der Waals surface area (Å²) in [5.41, 5.74) is 1.48. The molecule has 6 nitrogen and oxygen atoms in total. The Balaban J connectivity index is 1.79. The molecule has 3 amide bonds. The van der Waals surface area contributed by atoms with Crippen molar-refractivity contribution in [2.75, 3.05) is 16.0 Å². The fourth-order valence-electron chi connectivity index (χ4n) is 2.72. The van der Waals surface area contributed by atoms with E-state index in [0.29, 0.717) is 31.8 Å². The summed E-state index contributed by atoms with van der Waals surface area (Å²) in [7, 11) is 0. The van der Waals surface area contributed by atoms with Crippen LogP contribution in [0.2, 0.25) is 10.0 Å². The second-order valence-electron chi connectivity index (χ2n) is 6.53. The highest BCUT2D eigenvalue weighted by atomic mass is 35.5. The molecule has 0 spiro atoms. The summed E-state index contributed by atoms with van der Waals surface area (Å²) < 4.78 is 13.2. The summed E-state index contributed by atoms with van der Waals surface area (Å²) in [6.07, 6.45) is 0. The lowest BCUT2D eigenvalue weighted by Gasteiger charge is -2.11. The van der Waals surface area contributed by atoms with Gasteiger partial charge >= 0.3 is 0 Å². The van der Waals surface area contributed by atoms with Crippen LogP contribution in [0.25, 0.3) is 0 Å². The molecule has 0 aliphatic heterocycles. The lowest BCUT2D eigenvalue weighted by Crippen LogP contribution is -2.15. The summed E-state index contributed by atoms with van der Waals surface area (Å²) in [6.45, 7) is 3.07. The molecular formula is C21H16Cl2FN3O3S. The molecule has 0 saturated carbocycles. The van der Waals surface area contributed by atoms with Crippen LogP contribution in [-0.2, 0) is 4.79 Å². The molecule has 3 N–H and O–H groups in total. The summed E-state index contributed by atoms with van der Waals surface area (Å²) in [6, 6.07) is 9.80. The third kappa shape index (κ3) is 5.61. The van der Waals surface area contributed by atoms with Gasteiger partial charge in [-0.1, -0.05) is 23.2 Å². The van der Waals surface area contributed by atoms with Gasteiger partial charge in [0.2, 0.25) is 5.91 Å². The van der Waals surface area contributed by atoms with Gasteiger partial charge in [-0.2, -0.15) is 0 Å². The van der Waals surface area contributed by atoms with E-state index in [4.69, 9.17) is 23.2 Å². The molecule has 160 valence electrons. The van der Waals surface area contributed by atoms with Crippen molar-refractivity contribution in [3.05, 3.63) is 74.3 Å². The van der Waals surface area contributed by atoms with E-state index >= 15 is 0 Å². The average molecular weight is 480 g/mol. The maximum Gasteiger partial charge on any atom is 0.266 e. The van der Waals surface area contributed by atoms with Crippen molar-refractivity contribution in [1.82, 2.24) is 0 Å². The van der Waals surface area contributed by atoms with Crippen molar-refractivity contribution in [3.8, 4) is 0 Å². The molecule has 0 bridgehead atoms. The van der Waals surface area contributed by atoms with E-state index in [1.165, 1.54) is 19.1 Å². The van der Waals surface area contributed by atoms with Crippen LogP contribution in [0.1, 0.15) is 32.5 Å². The summed E-state index contributed by atoms with van der Waals surface area (Å²) in [5.74, 6) is -1.81. The Hall–Kier alpha value is -2.94. The highest BCUT2D eigenvalue weighted by molar-refractivity contribution is 7.18. The number of nitrogens with one attached hydrogen (secondary N) is 3. The summed E-state index contributed by atoms with van der Waals surface area (Å²) in [4.78, 5) is 37.0. The van der Waals surface area contributed by atoms with Crippen molar-refractivity contribution in [2.24, 2.45) is 0 Å². The van der Waals surface area contributed by atoms with Crippen molar-refractivity contribution >= 4 is 68.6 Å². The van der Waals surface area contributed by atoms with Gasteiger partial charge in [-0.3, -0.25) is 14.4 Å². The van der Waals surface area contributed by atoms with Crippen LogP contribution in [-0.4, -0.2) is 17.7 Å². The van der Waals surface area contributed by atoms with Gasteiger partial charge in [-0.25, -0.2) is 4.39 Å². The van der Waals surface area contributed by atoms with Crippen molar-refractivity contribution in [2.45, 2.75) is 13.8 Å². The second-order valence-corrected chi connectivity index (χ2v) is 8.42. The Morgan fingerprint density at radius 2 is 1.65 bits per heavy atom. The zero-order valence-electron chi connectivity index (χ0n) is 16.3. The number of hydrogen-bond acceptors (Lipinski definition) is 4. The fourth-order valence-corrected chi connectivity index (χ4v) is 4.11. The molecule has 0 aliphatic rings. The number of carbonyl (C=O) groups is 3. The molecule has 0 atom stereocenters. The van der Waals surface area contributed by atoms with Crippen LogP contribution < -0.4 is 16.0 Å². The minimum atomic E-state index is -0.549. The first-order chi connectivity index (χ1) is 14.6. The van der Waals surface area contributed by atoms with Crippen LogP contribution in [0.5, 0.6) is 0 Å². The molecule has 0 radical (unpaired) electrons. The molecule has 0 fully saturated rings. The van der Waals surface area contributed by atoms with Gasteiger partial charge in [-0.05, 0) is 55.0 Å². The fraction of sp³-hybridized carbons (Fsp3) is 0.0952. The summed E-state index contributed by atoms with van der Waals surface area (Å²) >= 11 is 13.0. The van der Waals surface area contributed by atoms with E-state index in [2.05, 4.69) is 16.0 Å². The molecule has 3 rings (SSSR count). The number of benzene rings is 2. The number of carbonyl (C=O) groups excluding carboxylic acids is 3. The lowest BCUT2D eigenvalue weighted by molar-refractivity contribution is -0.114. The van der Waals surface area contributed by atoms with Gasteiger partial charge in [0.25, 0.3) is 11.8 Å². The zero-order chi connectivity index (χ0) is 22.7. The quantitative estimate of drug-likeness (QED) is 0.421. The zero-order valence-corrected chi connectivity index (χ0v) is 18.6. The Morgan fingerprint density at radius 1 is 0.903 bits per heavy atom. The van der Waals surface area contributed by atoms with E-state index in [-0.39, 0.29) is 16.5 Å². The maximum atomic E-state index is 13.2. The van der Waals surface area contributed by atoms with Crippen LogP contribution in [0.3, 0.4) is 0 Å². The lowest BCUT2D eigenvalue weighted by atomic mass is 10.2. The van der Waals surface area contributed by atoms with E-state index in [1.54, 1.807) is 25.1 Å². The number of hydrogen-bond donors (Lipinski definition) is 3. The van der Waals surface area contributed by atoms with Gasteiger partial charge in [0.1, 0.15) is 5.82 Å². The highest BCUT2D eigenvalue weighted by Crippen LogP contribution is 2.31. The first-order valence-corrected chi connectivity index (χ1v) is 10.5. The van der Waals surface area contributed by atoms with Crippen LogP contribution in [0.4, 0.5) is 20.8 Å². The molecule has 31 heavy (non-hydrogen) atoms. The van der Waals surface area contributed by atoms with Gasteiger partial charge in [0, 0.05) is 11.9 Å². The Labute approximate surface area is 191 Å². The number of aryl methyl sites for hydroxylation is 1. The van der Waals surface area contributed by atoms with Gasteiger partial charge in [0.05, 0.1) is 31.8 Å². The van der Waals surface area contributed by atoms with Gasteiger partial charge < -0.3 is 16.0 Å². The first kappa shape index (κ1) is 22.7. The smallest absolute Gasteiger partial charge is 0.266 e. The van der Waals surface area contributed by atoms with E-state index in [1.807, 2.05) is 0 Å². The number of amides is 3. The number of thiophene rings is 1. The Bertz CT molecular complexity index is 1200. The molecule has 1 aromatic heterocycles. The van der Waals surface area contributed by atoms with E-state index in [9.17, 15) is 18.8 Å². The average Bonchev–Trinajstić information content (AvgIpc) is 3.03. The molecule has 0 unspecified atom stereocenters. The second kappa shape index (κ2) is 9.47. The SMILES string of the molecule is CC(=O)Nc1ccc(Cl)cc1NC(=O)c1sc(NC(=O)c2ccc(F)cc2Cl)cc1C. The molecule has 10 heteroatoms. The topological polar surface area (TPSA) is 87.3 Å². The monoisotopic (exact) mass is 479 g/mol. The van der Waals surface area contributed by atoms with Crippen molar-refractivity contribution < 1.29 is 18.8 Å². The van der Waals surface area contributed by atoms with E-state index < -0.39 is 17.6 Å². The minimum Gasteiger partial charge on any atom is -0.325 e. The normalized spacial score (nSPS) is 10.5. The molecule has 0 saturated heterocycles. The number of halogens is 3. The van der Waals surface area contributed by atoms with Crippen LogP contribution in [0, 0.1) is 12.7 Å². The largest absolute Gasteiger partial charge is 0.325 e. The third-order valence-electron chi connectivity index (χ3n) is 4.08. The number of anilines is 3. The highest BCUT2D eigenvalue weighted by Gasteiger charge is 2.18. The molecule has 1 heterocycles. The Morgan fingerprint density at radius 3 is 2.32 bits per heavy atom. The molecule has 3 aromatic rings. The third-order valence-corrected chi connectivity index (χ3v) is 5.78. The molecule has 2 aromatic carbocycles. The van der Waals surface area contributed by atoms with Gasteiger partial charge in [0.15, 0.2) is 0 Å². The first-order valence-electron chi connectivity index (χ1n) is 8.89. The van der Waals surface area contributed by atoms with Crippen LogP contribution in [0.15, 0.2) is 42.5 Å².